The first-order chi connectivity index (χ1) is 11.8. The summed E-state index contributed by atoms with van der Waals surface area (Å²) < 4.78 is 5.74. The molecule has 0 fully saturated rings. The maximum absolute atomic E-state index is 9.01. The molecule has 0 aliphatic rings. The predicted octanol–water partition coefficient (Wildman–Crippen LogP) is 2.48. The van der Waals surface area contributed by atoms with Gasteiger partial charge in [-0.05, 0) is 42.6 Å². The van der Waals surface area contributed by atoms with E-state index >= 15 is 0 Å². The summed E-state index contributed by atoms with van der Waals surface area (Å²) in [5.74, 6) is 0.884. The van der Waals surface area contributed by atoms with Crippen LogP contribution in [0.3, 0.4) is 0 Å². The molecule has 0 heterocycles. The van der Waals surface area contributed by atoms with Crippen molar-refractivity contribution in [2.24, 2.45) is 0 Å². The minimum Gasteiger partial charge on any atom is -0.489 e. The summed E-state index contributed by atoms with van der Waals surface area (Å²) in [5.41, 5.74) is 2.45. The second-order valence-corrected chi connectivity index (χ2v) is 5.81. The minimum atomic E-state index is 0.135. The van der Waals surface area contributed by atoms with Crippen molar-refractivity contribution in [2.75, 3.05) is 32.8 Å². The van der Waals surface area contributed by atoms with E-state index in [0.717, 1.165) is 30.7 Å². The third-order valence-corrected chi connectivity index (χ3v) is 3.94. The zero-order valence-electron chi connectivity index (χ0n) is 14.1. The molecule has 0 aliphatic carbocycles. The first-order valence-corrected chi connectivity index (χ1v) is 8.51. The second-order valence-electron chi connectivity index (χ2n) is 5.81. The number of aliphatic hydroxyl groups is 2. The molecule has 0 aliphatic heterocycles. The molecule has 4 nitrogen and oxygen atoms in total. The summed E-state index contributed by atoms with van der Waals surface area (Å²) in [6.45, 7) is 2.98. The number of hydrogen-bond donors (Lipinski definition) is 2. The van der Waals surface area contributed by atoms with E-state index in [1.165, 1.54) is 5.56 Å². The fourth-order valence-corrected chi connectivity index (χ4v) is 2.61. The number of aryl methyl sites for hydroxylation is 1. The number of aliphatic hydroxyl groups excluding tert-OH is 2. The molecule has 0 aromatic heterocycles. The summed E-state index contributed by atoms with van der Waals surface area (Å²) in [7, 11) is 0. The molecule has 0 amide bonds. The molecular formula is C20H27NO3. The molecule has 4 heteroatoms. The molecule has 0 spiro atoms. The van der Waals surface area contributed by atoms with Crippen LogP contribution in [0.4, 0.5) is 0 Å². The predicted molar refractivity (Wildman–Crippen MR) is 96.1 cm³/mol. The molecule has 2 rings (SSSR count). The zero-order valence-corrected chi connectivity index (χ0v) is 14.1. The molecule has 0 unspecified atom stereocenters. The number of hydrogen-bond acceptors (Lipinski definition) is 4. The van der Waals surface area contributed by atoms with Crippen LogP contribution in [0.5, 0.6) is 5.75 Å². The van der Waals surface area contributed by atoms with E-state index in [0.29, 0.717) is 19.7 Å². The second kappa shape index (κ2) is 10.8. The van der Waals surface area contributed by atoms with Gasteiger partial charge < -0.3 is 14.9 Å². The Balaban J connectivity index is 1.73. The summed E-state index contributed by atoms with van der Waals surface area (Å²) >= 11 is 0. The zero-order chi connectivity index (χ0) is 17.0. The molecule has 0 bridgehead atoms. The SMILES string of the molecule is OCCN(CCO)CCCc1ccc(COc2ccccc2)cc1. The van der Waals surface area contributed by atoms with Crippen molar-refractivity contribution in [3.63, 3.8) is 0 Å². The fraction of sp³-hybridized carbons (Fsp3) is 0.400. The van der Waals surface area contributed by atoms with Gasteiger partial charge in [0.05, 0.1) is 13.2 Å². The lowest BCUT2D eigenvalue weighted by Crippen LogP contribution is -2.31. The van der Waals surface area contributed by atoms with Crippen molar-refractivity contribution in [2.45, 2.75) is 19.4 Å². The Morgan fingerprint density at radius 1 is 0.750 bits per heavy atom. The van der Waals surface area contributed by atoms with Gasteiger partial charge in [0.2, 0.25) is 0 Å². The van der Waals surface area contributed by atoms with Crippen molar-refractivity contribution in [3.05, 3.63) is 65.7 Å². The Morgan fingerprint density at radius 3 is 2.00 bits per heavy atom. The van der Waals surface area contributed by atoms with Crippen LogP contribution in [0.1, 0.15) is 17.5 Å². The third kappa shape index (κ3) is 6.71. The maximum Gasteiger partial charge on any atom is 0.119 e. The van der Waals surface area contributed by atoms with E-state index in [4.69, 9.17) is 14.9 Å². The molecule has 0 saturated heterocycles. The highest BCUT2D eigenvalue weighted by Crippen LogP contribution is 2.13. The molecule has 0 radical (unpaired) electrons. The standard InChI is InChI=1S/C20H27NO3/c22-15-13-21(14-16-23)12-4-5-18-8-10-19(11-9-18)17-24-20-6-2-1-3-7-20/h1-3,6-11,22-23H,4-5,12-17H2. The van der Waals surface area contributed by atoms with Crippen LogP contribution in [0.25, 0.3) is 0 Å². The lowest BCUT2D eigenvalue weighted by Gasteiger charge is -2.19. The monoisotopic (exact) mass is 329 g/mol. The van der Waals surface area contributed by atoms with Gasteiger partial charge in [0.15, 0.2) is 0 Å². The smallest absolute Gasteiger partial charge is 0.119 e. The molecular weight excluding hydrogens is 302 g/mol. The fourth-order valence-electron chi connectivity index (χ4n) is 2.61. The quantitative estimate of drug-likeness (QED) is 0.665. The van der Waals surface area contributed by atoms with E-state index in [-0.39, 0.29) is 13.2 Å². The summed E-state index contributed by atoms with van der Waals surface area (Å²) in [5, 5.41) is 18.0. The van der Waals surface area contributed by atoms with Crippen LogP contribution in [0.2, 0.25) is 0 Å². The third-order valence-electron chi connectivity index (χ3n) is 3.94. The van der Waals surface area contributed by atoms with Gasteiger partial charge in [-0.25, -0.2) is 0 Å². The first-order valence-electron chi connectivity index (χ1n) is 8.51. The van der Waals surface area contributed by atoms with Gasteiger partial charge in [-0.2, -0.15) is 0 Å². The van der Waals surface area contributed by atoms with Gasteiger partial charge in [-0.3, -0.25) is 4.90 Å². The van der Waals surface area contributed by atoms with Gasteiger partial charge >= 0.3 is 0 Å². The number of nitrogens with zero attached hydrogens (tertiary/aromatic N) is 1. The summed E-state index contributed by atoms with van der Waals surface area (Å²) in [4.78, 5) is 2.09. The van der Waals surface area contributed by atoms with E-state index in [1.807, 2.05) is 30.3 Å². The maximum atomic E-state index is 9.01. The Kier molecular flexibility index (Phi) is 8.32. The van der Waals surface area contributed by atoms with E-state index in [9.17, 15) is 0 Å². The van der Waals surface area contributed by atoms with Gasteiger partial charge in [0.25, 0.3) is 0 Å². The Hall–Kier alpha value is -1.88. The van der Waals surface area contributed by atoms with Crippen LogP contribution >= 0.6 is 0 Å². The molecule has 0 saturated carbocycles. The Bertz CT molecular complexity index is 551. The number of benzene rings is 2. The van der Waals surface area contributed by atoms with Crippen molar-refractivity contribution >= 4 is 0 Å². The highest BCUT2D eigenvalue weighted by molar-refractivity contribution is 5.24. The molecule has 2 aromatic rings. The van der Waals surface area contributed by atoms with E-state index in [2.05, 4.69) is 29.2 Å². The van der Waals surface area contributed by atoms with Gasteiger partial charge in [0.1, 0.15) is 12.4 Å². The minimum absolute atomic E-state index is 0.135. The van der Waals surface area contributed by atoms with Crippen molar-refractivity contribution < 1.29 is 14.9 Å². The first kappa shape index (κ1) is 18.5. The van der Waals surface area contributed by atoms with Gasteiger partial charge in [0, 0.05) is 13.1 Å². The average Bonchev–Trinajstić information content (AvgIpc) is 2.62. The van der Waals surface area contributed by atoms with Crippen molar-refractivity contribution in [1.82, 2.24) is 4.90 Å². The number of ether oxygens (including phenoxy) is 1. The lowest BCUT2D eigenvalue weighted by atomic mass is 10.1. The highest BCUT2D eigenvalue weighted by atomic mass is 16.5. The molecule has 2 aromatic carbocycles. The van der Waals surface area contributed by atoms with E-state index in [1.54, 1.807) is 0 Å². The van der Waals surface area contributed by atoms with Crippen molar-refractivity contribution in [3.8, 4) is 5.75 Å². The average molecular weight is 329 g/mol. The van der Waals surface area contributed by atoms with Crippen LogP contribution in [-0.2, 0) is 13.0 Å². The van der Waals surface area contributed by atoms with Crippen LogP contribution in [0, 0.1) is 0 Å². The molecule has 2 N–H and O–H groups in total. The normalized spacial score (nSPS) is 11.0. The Morgan fingerprint density at radius 2 is 1.38 bits per heavy atom. The topological polar surface area (TPSA) is 52.9 Å². The molecule has 0 atom stereocenters. The number of para-hydroxylation sites is 1. The highest BCUT2D eigenvalue weighted by Gasteiger charge is 2.03. The van der Waals surface area contributed by atoms with Gasteiger partial charge in [-0.1, -0.05) is 42.5 Å². The van der Waals surface area contributed by atoms with E-state index < -0.39 is 0 Å². The van der Waals surface area contributed by atoms with Crippen LogP contribution in [-0.4, -0.2) is 48.0 Å². The summed E-state index contributed by atoms with van der Waals surface area (Å²) in [6.07, 6.45) is 2.01. The van der Waals surface area contributed by atoms with Crippen LogP contribution in [0.15, 0.2) is 54.6 Å². The summed E-state index contributed by atoms with van der Waals surface area (Å²) in [6, 6.07) is 18.3. The lowest BCUT2D eigenvalue weighted by molar-refractivity contribution is 0.160. The Labute approximate surface area is 144 Å². The van der Waals surface area contributed by atoms with Gasteiger partial charge in [-0.15, -0.1) is 0 Å². The molecule has 130 valence electrons. The largest absolute Gasteiger partial charge is 0.489 e. The number of rotatable bonds is 11. The van der Waals surface area contributed by atoms with Crippen LogP contribution < -0.4 is 4.74 Å². The van der Waals surface area contributed by atoms with Crippen molar-refractivity contribution in [1.29, 1.82) is 0 Å². The molecule has 24 heavy (non-hydrogen) atoms.